The van der Waals surface area contributed by atoms with Gasteiger partial charge in [0, 0.05) is 11.1 Å². The molecule has 0 radical (unpaired) electrons. The van der Waals surface area contributed by atoms with Gasteiger partial charge in [0.05, 0.1) is 6.04 Å². The maximum atomic E-state index is 6.25. The summed E-state index contributed by atoms with van der Waals surface area (Å²) in [6.07, 6.45) is 2.36. The Labute approximate surface area is 117 Å². The molecule has 0 aromatic heterocycles. The van der Waals surface area contributed by atoms with Crippen LogP contribution in [0.25, 0.3) is 0 Å². The molecule has 19 heavy (non-hydrogen) atoms. The number of rotatable bonds is 3. The summed E-state index contributed by atoms with van der Waals surface area (Å²) in [5.74, 6) is 1.12. The lowest BCUT2D eigenvalue weighted by Crippen LogP contribution is -2.27. The smallest absolute Gasteiger partial charge is 0.128 e. The zero-order valence-corrected chi connectivity index (χ0v) is 13.1. The molecule has 0 saturated carbocycles. The van der Waals surface area contributed by atoms with E-state index in [1.807, 2.05) is 7.05 Å². The predicted molar refractivity (Wildman–Crippen MR) is 81.0 cm³/mol. The molecule has 2 atom stereocenters. The molecule has 106 valence electrons. The van der Waals surface area contributed by atoms with Gasteiger partial charge in [-0.05, 0) is 30.9 Å². The summed E-state index contributed by atoms with van der Waals surface area (Å²) in [5.41, 5.74) is 4.22. The fourth-order valence-corrected chi connectivity index (χ4v) is 2.92. The number of fused-ring (bicyclic) bond motifs is 1. The summed E-state index contributed by atoms with van der Waals surface area (Å²) < 4.78 is 6.25. The summed E-state index contributed by atoms with van der Waals surface area (Å²) in [7, 11) is 2.03. The standard InChI is InChI=1S/C17H27NO/c1-7-11-9-12-15(18-6)14(8-2)19-16(12)13(10-11)17(3,4)5/h9-10,14-15,18H,7-8H2,1-6H3. The number of hydrogen-bond donors (Lipinski definition) is 1. The number of aryl methyl sites for hydroxylation is 1. The Morgan fingerprint density at radius 3 is 2.37 bits per heavy atom. The first-order chi connectivity index (χ1) is 8.92. The van der Waals surface area contributed by atoms with Crippen LogP contribution in [0.2, 0.25) is 0 Å². The van der Waals surface area contributed by atoms with Gasteiger partial charge in [-0.3, -0.25) is 0 Å². The van der Waals surface area contributed by atoms with Crippen LogP contribution >= 0.6 is 0 Å². The van der Waals surface area contributed by atoms with Crippen molar-refractivity contribution in [2.45, 2.75) is 65.0 Å². The van der Waals surface area contributed by atoms with Crippen molar-refractivity contribution >= 4 is 0 Å². The van der Waals surface area contributed by atoms with Crippen LogP contribution in [0.1, 0.15) is 63.8 Å². The summed E-state index contributed by atoms with van der Waals surface area (Å²) >= 11 is 0. The molecule has 0 fully saturated rings. The molecule has 0 amide bonds. The third-order valence-electron chi connectivity index (χ3n) is 4.08. The molecule has 0 aliphatic carbocycles. The lowest BCUT2D eigenvalue weighted by atomic mass is 9.83. The van der Waals surface area contributed by atoms with E-state index in [4.69, 9.17) is 4.74 Å². The van der Waals surface area contributed by atoms with Crippen LogP contribution < -0.4 is 10.1 Å². The lowest BCUT2D eigenvalue weighted by Gasteiger charge is -2.23. The molecule has 1 heterocycles. The van der Waals surface area contributed by atoms with Gasteiger partial charge in [0.1, 0.15) is 11.9 Å². The van der Waals surface area contributed by atoms with Crippen molar-refractivity contribution in [3.05, 3.63) is 28.8 Å². The van der Waals surface area contributed by atoms with Gasteiger partial charge in [-0.15, -0.1) is 0 Å². The molecular formula is C17H27NO. The maximum Gasteiger partial charge on any atom is 0.128 e. The molecule has 1 aromatic carbocycles. The third kappa shape index (κ3) is 2.51. The lowest BCUT2D eigenvalue weighted by molar-refractivity contribution is 0.186. The first-order valence-corrected chi connectivity index (χ1v) is 7.43. The zero-order valence-electron chi connectivity index (χ0n) is 13.1. The fourth-order valence-electron chi connectivity index (χ4n) is 2.92. The van der Waals surface area contributed by atoms with Gasteiger partial charge in [-0.2, -0.15) is 0 Å². The molecule has 1 aromatic rings. The van der Waals surface area contributed by atoms with Crippen molar-refractivity contribution < 1.29 is 4.74 Å². The summed E-state index contributed by atoms with van der Waals surface area (Å²) in [4.78, 5) is 0. The Kier molecular flexibility index (Phi) is 3.91. The van der Waals surface area contributed by atoms with Gasteiger partial charge in [0.25, 0.3) is 0 Å². The molecule has 2 heteroatoms. The number of ether oxygens (including phenoxy) is 1. The maximum absolute atomic E-state index is 6.25. The molecule has 0 bridgehead atoms. The van der Waals surface area contributed by atoms with Crippen LogP contribution in [0.15, 0.2) is 12.1 Å². The molecule has 2 rings (SSSR count). The van der Waals surface area contributed by atoms with Crippen molar-refractivity contribution in [1.29, 1.82) is 0 Å². The monoisotopic (exact) mass is 261 g/mol. The van der Waals surface area contributed by atoms with E-state index < -0.39 is 0 Å². The Bertz CT molecular complexity index is 459. The molecule has 1 N–H and O–H groups in total. The Morgan fingerprint density at radius 1 is 1.21 bits per heavy atom. The van der Waals surface area contributed by atoms with Crippen LogP contribution in [-0.2, 0) is 11.8 Å². The fraction of sp³-hybridized carbons (Fsp3) is 0.647. The van der Waals surface area contributed by atoms with Gasteiger partial charge in [-0.1, -0.05) is 46.8 Å². The van der Waals surface area contributed by atoms with E-state index in [9.17, 15) is 0 Å². The van der Waals surface area contributed by atoms with Crippen molar-refractivity contribution in [3.63, 3.8) is 0 Å². The largest absolute Gasteiger partial charge is 0.488 e. The number of benzene rings is 1. The second-order valence-electron chi connectivity index (χ2n) is 6.50. The third-order valence-corrected chi connectivity index (χ3v) is 4.08. The second kappa shape index (κ2) is 5.16. The van der Waals surface area contributed by atoms with Gasteiger partial charge < -0.3 is 10.1 Å². The summed E-state index contributed by atoms with van der Waals surface area (Å²) in [6, 6.07) is 4.97. The van der Waals surface area contributed by atoms with Crippen LogP contribution in [0.3, 0.4) is 0 Å². The quantitative estimate of drug-likeness (QED) is 0.888. The molecule has 0 spiro atoms. The van der Waals surface area contributed by atoms with Gasteiger partial charge in [-0.25, -0.2) is 0 Å². The van der Waals surface area contributed by atoms with Crippen LogP contribution in [0.4, 0.5) is 0 Å². The Balaban J connectivity index is 2.59. The first-order valence-electron chi connectivity index (χ1n) is 7.43. The van der Waals surface area contributed by atoms with Crippen LogP contribution in [0, 0.1) is 0 Å². The highest BCUT2D eigenvalue weighted by Crippen LogP contribution is 2.45. The zero-order chi connectivity index (χ0) is 14.2. The van der Waals surface area contributed by atoms with Crippen molar-refractivity contribution in [1.82, 2.24) is 5.32 Å². The molecule has 2 nitrogen and oxygen atoms in total. The normalized spacial score (nSPS) is 22.2. The average molecular weight is 261 g/mol. The van der Waals surface area contributed by atoms with Crippen molar-refractivity contribution in [2.24, 2.45) is 0 Å². The minimum Gasteiger partial charge on any atom is -0.488 e. The molecular weight excluding hydrogens is 234 g/mol. The van der Waals surface area contributed by atoms with E-state index in [1.54, 1.807) is 0 Å². The summed E-state index contributed by atoms with van der Waals surface area (Å²) in [5, 5.41) is 3.43. The van der Waals surface area contributed by atoms with Gasteiger partial charge in [0.15, 0.2) is 0 Å². The van der Waals surface area contributed by atoms with E-state index >= 15 is 0 Å². The Morgan fingerprint density at radius 2 is 1.89 bits per heavy atom. The van der Waals surface area contributed by atoms with E-state index in [1.165, 1.54) is 16.7 Å². The highest BCUT2D eigenvalue weighted by Gasteiger charge is 2.36. The summed E-state index contributed by atoms with van der Waals surface area (Å²) in [6.45, 7) is 11.2. The number of nitrogens with one attached hydrogen (secondary N) is 1. The second-order valence-corrected chi connectivity index (χ2v) is 6.50. The Hall–Kier alpha value is -1.02. The number of hydrogen-bond acceptors (Lipinski definition) is 2. The van der Waals surface area contributed by atoms with E-state index in [2.05, 4.69) is 52.1 Å². The number of likely N-dealkylation sites (N-methyl/N-ethyl adjacent to an activating group) is 1. The van der Waals surface area contributed by atoms with Crippen molar-refractivity contribution in [3.8, 4) is 5.75 Å². The molecule has 0 saturated heterocycles. The van der Waals surface area contributed by atoms with E-state index in [0.717, 1.165) is 18.6 Å². The van der Waals surface area contributed by atoms with Gasteiger partial charge >= 0.3 is 0 Å². The predicted octanol–water partition coefficient (Wildman–Crippen LogP) is 3.98. The topological polar surface area (TPSA) is 21.3 Å². The van der Waals surface area contributed by atoms with Gasteiger partial charge in [0.2, 0.25) is 0 Å². The molecule has 1 aliphatic rings. The highest BCUT2D eigenvalue weighted by atomic mass is 16.5. The minimum atomic E-state index is 0.121. The molecule has 2 unspecified atom stereocenters. The first kappa shape index (κ1) is 14.4. The van der Waals surface area contributed by atoms with E-state index in [-0.39, 0.29) is 11.5 Å². The average Bonchev–Trinajstić information content (AvgIpc) is 2.73. The SMILES string of the molecule is CCc1cc2c(c(C(C)(C)C)c1)OC(CC)C2NC. The van der Waals surface area contributed by atoms with E-state index in [0.29, 0.717) is 6.04 Å². The minimum absolute atomic E-state index is 0.121. The van der Waals surface area contributed by atoms with Crippen LogP contribution in [0.5, 0.6) is 5.75 Å². The molecule has 1 aliphatic heterocycles. The van der Waals surface area contributed by atoms with Crippen molar-refractivity contribution in [2.75, 3.05) is 7.05 Å². The van der Waals surface area contributed by atoms with Crippen LogP contribution in [-0.4, -0.2) is 13.2 Å². The highest BCUT2D eigenvalue weighted by molar-refractivity contribution is 5.52.